The Kier molecular flexibility index (Phi) is 5.91. The highest BCUT2D eigenvalue weighted by atomic mass is 16.6. The van der Waals surface area contributed by atoms with Gasteiger partial charge in [-0.3, -0.25) is 0 Å². The maximum atomic E-state index is 12.4. The molecule has 0 radical (unpaired) electrons. The Hall–Kier alpha value is -3.70. The number of carbonyl (C=O) groups is 2. The van der Waals surface area contributed by atoms with E-state index in [4.69, 9.17) is 20.6 Å². The summed E-state index contributed by atoms with van der Waals surface area (Å²) in [5.74, 6) is -0.137. The zero-order valence-corrected chi connectivity index (χ0v) is 19.0. The fourth-order valence-corrected chi connectivity index (χ4v) is 3.75. The van der Waals surface area contributed by atoms with Gasteiger partial charge in [0.25, 0.3) is 0 Å². The molecule has 0 saturated carbocycles. The average molecular weight is 457 g/mol. The molecule has 0 aliphatic carbocycles. The number of nitrogens with zero attached hydrogens (tertiary/aromatic N) is 7. The van der Waals surface area contributed by atoms with E-state index in [1.807, 2.05) is 25.7 Å². The Bertz CT molecular complexity index is 1060. The number of piperazine rings is 1. The van der Waals surface area contributed by atoms with E-state index in [1.165, 1.54) is 6.20 Å². The summed E-state index contributed by atoms with van der Waals surface area (Å²) in [4.78, 5) is 46.7. The Morgan fingerprint density at radius 2 is 1.61 bits per heavy atom. The van der Waals surface area contributed by atoms with Gasteiger partial charge in [-0.25, -0.2) is 24.5 Å². The molecule has 1 saturated heterocycles. The largest absolute Gasteiger partial charge is 0.477 e. The van der Waals surface area contributed by atoms with E-state index in [0.717, 1.165) is 11.3 Å². The summed E-state index contributed by atoms with van der Waals surface area (Å²) in [6, 6.07) is 0. The van der Waals surface area contributed by atoms with Crippen molar-refractivity contribution in [3.8, 4) is 0 Å². The van der Waals surface area contributed by atoms with Gasteiger partial charge in [0.15, 0.2) is 0 Å². The van der Waals surface area contributed by atoms with E-state index >= 15 is 0 Å². The predicted molar refractivity (Wildman–Crippen MR) is 120 cm³/mol. The van der Waals surface area contributed by atoms with Gasteiger partial charge in [0, 0.05) is 57.1 Å². The van der Waals surface area contributed by atoms with Gasteiger partial charge in [-0.05, 0) is 20.8 Å². The molecule has 0 unspecified atom stereocenters. The van der Waals surface area contributed by atoms with E-state index in [1.54, 1.807) is 11.1 Å². The number of nitrogen functional groups attached to an aromatic ring is 1. The van der Waals surface area contributed by atoms with Crippen LogP contribution in [0.5, 0.6) is 0 Å². The molecule has 2 aromatic heterocycles. The van der Waals surface area contributed by atoms with Crippen molar-refractivity contribution in [2.75, 3.05) is 48.3 Å². The fraction of sp³-hybridized carbons (Fsp3) is 0.524. The molecule has 4 heterocycles. The number of carboxylic acids is 1. The van der Waals surface area contributed by atoms with Gasteiger partial charge < -0.3 is 30.3 Å². The summed E-state index contributed by atoms with van der Waals surface area (Å²) in [5, 5.41) is 9.08. The van der Waals surface area contributed by atoms with Gasteiger partial charge >= 0.3 is 12.1 Å². The number of nitrogens with two attached hydrogens (primary N) is 1. The monoisotopic (exact) mass is 456 g/mol. The molecule has 2 aliphatic rings. The fourth-order valence-electron chi connectivity index (χ4n) is 3.75. The number of hydrogen-bond acceptors (Lipinski definition) is 10. The number of aromatic nitrogens is 4. The van der Waals surface area contributed by atoms with Crippen molar-refractivity contribution in [1.29, 1.82) is 0 Å². The number of amides is 1. The molecule has 2 aromatic rings. The second-order valence-corrected chi connectivity index (χ2v) is 9.04. The van der Waals surface area contributed by atoms with Crippen molar-refractivity contribution in [1.82, 2.24) is 24.8 Å². The third-order valence-electron chi connectivity index (χ3n) is 5.45. The quantitative estimate of drug-likeness (QED) is 0.684. The van der Waals surface area contributed by atoms with Crippen molar-refractivity contribution in [2.45, 2.75) is 39.3 Å². The number of rotatable bonds is 3. The van der Waals surface area contributed by atoms with Crippen LogP contribution in [-0.4, -0.2) is 80.3 Å². The third-order valence-corrected chi connectivity index (χ3v) is 5.45. The Morgan fingerprint density at radius 3 is 2.18 bits per heavy atom. The molecule has 1 fully saturated rings. The maximum Gasteiger partial charge on any atom is 0.410 e. The number of carbonyl (C=O) groups excluding carboxylic acids is 1. The molecule has 0 spiro atoms. The van der Waals surface area contributed by atoms with Crippen LogP contribution in [-0.2, 0) is 17.7 Å². The van der Waals surface area contributed by atoms with E-state index in [9.17, 15) is 9.59 Å². The SMILES string of the molecule is CC(C)(C)OC(=O)N1CCc2nc(N3CCN(c4ncc(C(=O)O)c(N)n4)CC3)ncc2C1. The molecule has 0 bridgehead atoms. The molecule has 12 nitrogen and oxygen atoms in total. The van der Waals surface area contributed by atoms with Gasteiger partial charge in [0.1, 0.15) is 17.0 Å². The Labute approximate surface area is 191 Å². The second kappa shape index (κ2) is 8.68. The molecule has 12 heteroatoms. The Morgan fingerprint density at radius 1 is 1.00 bits per heavy atom. The lowest BCUT2D eigenvalue weighted by Gasteiger charge is -2.35. The van der Waals surface area contributed by atoms with E-state index in [0.29, 0.717) is 57.6 Å². The number of aromatic carboxylic acids is 1. The summed E-state index contributed by atoms with van der Waals surface area (Å²) >= 11 is 0. The van der Waals surface area contributed by atoms with Gasteiger partial charge in [0.05, 0.1) is 12.2 Å². The number of ether oxygens (including phenoxy) is 1. The maximum absolute atomic E-state index is 12.4. The number of hydrogen-bond donors (Lipinski definition) is 2. The minimum atomic E-state index is -1.15. The first-order valence-corrected chi connectivity index (χ1v) is 10.8. The first-order valence-electron chi connectivity index (χ1n) is 10.8. The molecular formula is C21H28N8O4. The van der Waals surface area contributed by atoms with Gasteiger partial charge in [-0.15, -0.1) is 0 Å². The van der Waals surface area contributed by atoms with Crippen molar-refractivity contribution in [2.24, 2.45) is 0 Å². The summed E-state index contributed by atoms with van der Waals surface area (Å²) in [5.41, 5.74) is 6.98. The predicted octanol–water partition coefficient (Wildman–Crippen LogP) is 1.17. The van der Waals surface area contributed by atoms with Crippen molar-refractivity contribution in [3.63, 3.8) is 0 Å². The van der Waals surface area contributed by atoms with Crippen LogP contribution in [0.2, 0.25) is 0 Å². The smallest absolute Gasteiger partial charge is 0.410 e. The first-order chi connectivity index (χ1) is 15.6. The van der Waals surface area contributed by atoms with Crippen LogP contribution >= 0.6 is 0 Å². The first kappa shape index (κ1) is 22.5. The summed E-state index contributed by atoms with van der Waals surface area (Å²) < 4.78 is 5.47. The van der Waals surface area contributed by atoms with Crippen LogP contribution in [0, 0.1) is 0 Å². The zero-order valence-electron chi connectivity index (χ0n) is 19.0. The topological polar surface area (TPSA) is 151 Å². The molecule has 2 aliphatic heterocycles. The highest BCUT2D eigenvalue weighted by molar-refractivity contribution is 5.92. The van der Waals surface area contributed by atoms with Crippen LogP contribution < -0.4 is 15.5 Å². The zero-order chi connectivity index (χ0) is 23.8. The number of carboxylic acid groups (broad SMARTS) is 1. The van der Waals surface area contributed by atoms with Crippen molar-refractivity contribution in [3.05, 3.63) is 29.2 Å². The van der Waals surface area contributed by atoms with Crippen LogP contribution in [0.15, 0.2) is 12.4 Å². The van der Waals surface area contributed by atoms with Crippen LogP contribution in [0.3, 0.4) is 0 Å². The van der Waals surface area contributed by atoms with Gasteiger partial charge in [-0.2, -0.15) is 4.98 Å². The summed E-state index contributed by atoms with van der Waals surface area (Å²) in [6.07, 6.45) is 3.34. The highest BCUT2D eigenvalue weighted by Gasteiger charge is 2.28. The number of fused-ring (bicyclic) bond motifs is 1. The molecule has 3 N–H and O–H groups in total. The van der Waals surface area contributed by atoms with E-state index in [2.05, 4.69) is 19.9 Å². The van der Waals surface area contributed by atoms with Crippen LogP contribution in [0.4, 0.5) is 22.5 Å². The lowest BCUT2D eigenvalue weighted by atomic mass is 10.1. The van der Waals surface area contributed by atoms with Crippen LogP contribution in [0.1, 0.15) is 42.4 Å². The molecule has 1 amide bonds. The lowest BCUT2D eigenvalue weighted by Crippen LogP contribution is -2.48. The lowest BCUT2D eigenvalue weighted by molar-refractivity contribution is 0.0222. The normalized spacial score (nSPS) is 16.4. The van der Waals surface area contributed by atoms with E-state index < -0.39 is 11.6 Å². The highest BCUT2D eigenvalue weighted by Crippen LogP contribution is 2.23. The minimum Gasteiger partial charge on any atom is -0.477 e. The molecule has 0 atom stereocenters. The molecule has 33 heavy (non-hydrogen) atoms. The van der Waals surface area contributed by atoms with Gasteiger partial charge in [-0.1, -0.05) is 0 Å². The van der Waals surface area contributed by atoms with E-state index in [-0.39, 0.29) is 17.5 Å². The molecule has 0 aromatic carbocycles. The van der Waals surface area contributed by atoms with Crippen molar-refractivity contribution < 1.29 is 19.4 Å². The van der Waals surface area contributed by atoms with Gasteiger partial charge in [0.2, 0.25) is 11.9 Å². The summed E-state index contributed by atoms with van der Waals surface area (Å²) in [6.45, 7) is 9.11. The molecule has 4 rings (SSSR count). The standard InChI is InChI=1S/C21H28N8O4/c1-21(2,3)33-20(32)29-5-4-15-13(12-29)10-23-18(25-15)27-6-8-28(9-7-27)19-24-11-14(17(30)31)16(22)26-19/h10-11H,4-9,12H2,1-3H3,(H,30,31)(H2,22,24,26). The number of anilines is 3. The molecular weight excluding hydrogens is 428 g/mol. The van der Waals surface area contributed by atoms with Crippen LogP contribution in [0.25, 0.3) is 0 Å². The second-order valence-electron chi connectivity index (χ2n) is 9.04. The Balaban J connectivity index is 1.38. The average Bonchev–Trinajstić information content (AvgIpc) is 2.77. The third kappa shape index (κ3) is 5.04. The molecule has 176 valence electrons. The minimum absolute atomic E-state index is 0.0478. The van der Waals surface area contributed by atoms with Crippen molar-refractivity contribution >= 4 is 29.8 Å². The summed E-state index contributed by atoms with van der Waals surface area (Å²) in [7, 11) is 0.